The zero-order valence-electron chi connectivity index (χ0n) is 15.7. The molecule has 0 saturated carbocycles. The summed E-state index contributed by atoms with van der Waals surface area (Å²) in [5.41, 5.74) is 8.87. The SMILES string of the molecule is CCCC(N)C(=O)Nc1nc(-c2ccc(CCCNC(C)=O)cc2)cs1.Cl. The fourth-order valence-corrected chi connectivity index (χ4v) is 3.23. The lowest BCUT2D eigenvalue weighted by Crippen LogP contribution is -2.35. The van der Waals surface area contributed by atoms with E-state index in [1.165, 1.54) is 23.8 Å². The topological polar surface area (TPSA) is 97.1 Å². The highest BCUT2D eigenvalue weighted by molar-refractivity contribution is 7.14. The van der Waals surface area contributed by atoms with Crippen LogP contribution in [0.5, 0.6) is 0 Å². The van der Waals surface area contributed by atoms with Gasteiger partial charge in [-0.2, -0.15) is 0 Å². The minimum Gasteiger partial charge on any atom is -0.356 e. The summed E-state index contributed by atoms with van der Waals surface area (Å²) in [6, 6.07) is 7.69. The van der Waals surface area contributed by atoms with E-state index in [9.17, 15) is 9.59 Å². The first-order valence-corrected chi connectivity index (χ1v) is 9.73. The third-order valence-corrected chi connectivity index (χ3v) is 4.69. The van der Waals surface area contributed by atoms with Crippen LogP contribution in [0.2, 0.25) is 0 Å². The number of amides is 2. The van der Waals surface area contributed by atoms with Crippen molar-refractivity contribution in [1.29, 1.82) is 0 Å². The summed E-state index contributed by atoms with van der Waals surface area (Å²) in [7, 11) is 0. The molecule has 0 bridgehead atoms. The van der Waals surface area contributed by atoms with Crippen LogP contribution in [0.1, 0.15) is 38.7 Å². The number of hydrogen-bond acceptors (Lipinski definition) is 5. The Labute approximate surface area is 170 Å². The highest BCUT2D eigenvalue weighted by atomic mass is 35.5. The highest BCUT2D eigenvalue weighted by Gasteiger charge is 2.14. The number of thiazole rings is 1. The van der Waals surface area contributed by atoms with Crippen molar-refractivity contribution in [3.8, 4) is 11.3 Å². The van der Waals surface area contributed by atoms with Gasteiger partial charge in [0, 0.05) is 24.4 Å². The monoisotopic (exact) mass is 410 g/mol. The first-order valence-electron chi connectivity index (χ1n) is 8.85. The van der Waals surface area contributed by atoms with Crippen molar-refractivity contribution < 1.29 is 9.59 Å². The predicted molar refractivity (Wildman–Crippen MR) is 113 cm³/mol. The van der Waals surface area contributed by atoms with E-state index in [1.807, 2.05) is 24.4 Å². The minimum absolute atomic E-state index is 0. The van der Waals surface area contributed by atoms with Gasteiger partial charge in [-0.1, -0.05) is 37.6 Å². The second kappa shape index (κ2) is 11.7. The molecule has 2 rings (SSSR count). The maximum absolute atomic E-state index is 12.0. The second-order valence-electron chi connectivity index (χ2n) is 6.21. The summed E-state index contributed by atoms with van der Waals surface area (Å²) in [6.45, 7) is 4.21. The van der Waals surface area contributed by atoms with Crippen molar-refractivity contribution in [2.45, 2.75) is 45.6 Å². The summed E-state index contributed by atoms with van der Waals surface area (Å²) < 4.78 is 0. The highest BCUT2D eigenvalue weighted by Crippen LogP contribution is 2.25. The molecular formula is C19H27ClN4O2S. The average Bonchev–Trinajstić information content (AvgIpc) is 3.07. The molecule has 2 aromatic rings. The molecule has 148 valence electrons. The zero-order chi connectivity index (χ0) is 18.9. The molecule has 0 saturated heterocycles. The molecule has 1 unspecified atom stereocenters. The number of aryl methyl sites for hydroxylation is 1. The Kier molecular flexibility index (Phi) is 9.99. The van der Waals surface area contributed by atoms with Gasteiger partial charge in [-0.15, -0.1) is 23.7 Å². The Morgan fingerprint density at radius 3 is 2.59 bits per heavy atom. The Balaban J connectivity index is 0.00000364. The number of nitrogens with two attached hydrogens (primary N) is 1. The summed E-state index contributed by atoms with van der Waals surface area (Å²) in [6.07, 6.45) is 3.35. The standard InChI is InChI=1S/C19H26N4O2S.ClH/c1-3-5-16(20)18(25)23-19-22-17(12-26-19)15-9-7-14(8-10-15)6-4-11-21-13(2)24;/h7-10,12,16H,3-6,11,20H2,1-2H3,(H,21,24)(H,22,23,25);1H. The van der Waals surface area contributed by atoms with Crippen LogP contribution in [0.3, 0.4) is 0 Å². The predicted octanol–water partition coefficient (Wildman–Crippen LogP) is 3.37. The van der Waals surface area contributed by atoms with Gasteiger partial charge in [-0.3, -0.25) is 9.59 Å². The lowest BCUT2D eigenvalue weighted by Gasteiger charge is -2.08. The van der Waals surface area contributed by atoms with E-state index >= 15 is 0 Å². The average molecular weight is 411 g/mol. The van der Waals surface area contributed by atoms with E-state index < -0.39 is 6.04 Å². The lowest BCUT2D eigenvalue weighted by atomic mass is 10.1. The molecule has 0 radical (unpaired) electrons. The summed E-state index contributed by atoms with van der Waals surface area (Å²) >= 11 is 1.39. The van der Waals surface area contributed by atoms with Gasteiger partial charge in [-0.05, 0) is 24.8 Å². The largest absolute Gasteiger partial charge is 0.356 e. The number of benzene rings is 1. The van der Waals surface area contributed by atoms with E-state index in [0.29, 0.717) is 18.1 Å². The van der Waals surface area contributed by atoms with Crippen molar-refractivity contribution in [1.82, 2.24) is 10.3 Å². The number of hydrogen-bond donors (Lipinski definition) is 3. The van der Waals surface area contributed by atoms with Gasteiger partial charge in [0.15, 0.2) is 5.13 Å². The summed E-state index contributed by atoms with van der Waals surface area (Å²) in [4.78, 5) is 27.3. The molecule has 0 aliphatic heterocycles. The number of nitrogens with zero attached hydrogens (tertiary/aromatic N) is 1. The van der Waals surface area contributed by atoms with Gasteiger partial charge in [-0.25, -0.2) is 4.98 Å². The first-order chi connectivity index (χ1) is 12.5. The number of anilines is 1. The normalized spacial score (nSPS) is 11.4. The van der Waals surface area contributed by atoms with E-state index in [1.54, 1.807) is 0 Å². The molecule has 1 atom stereocenters. The van der Waals surface area contributed by atoms with E-state index in [4.69, 9.17) is 5.73 Å². The molecule has 1 heterocycles. The first kappa shape index (κ1) is 23.1. The fourth-order valence-electron chi connectivity index (χ4n) is 2.50. The molecule has 0 aliphatic rings. The Morgan fingerprint density at radius 2 is 1.96 bits per heavy atom. The minimum atomic E-state index is -0.496. The molecule has 4 N–H and O–H groups in total. The second-order valence-corrected chi connectivity index (χ2v) is 7.06. The molecule has 8 heteroatoms. The van der Waals surface area contributed by atoms with Crippen LogP contribution in [-0.4, -0.2) is 29.4 Å². The van der Waals surface area contributed by atoms with Crippen LogP contribution in [0.4, 0.5) is 5.13 Å². The number of carbonyl (C=O) groups is 2. The van der Waals surface area contributed by atoms with Gasteiger partial charge >= 0.3 is 0 Å². The van der Waals surface area contributed by atoms with Crippen LogP contribution in [0, 0.1) is 0 Å². The molecule has 0 spiro atoms. The third kappa shape index (κ3) is 7.66. The molecular weight excluding hydrogens is 384 g/mol. The maximum atomic E-state index is 12.0. The quantitative estimate of drug-likeness (QED) is 0.552. The van der Waals surface area contributed by atoms with Crippen molar-refractivity contribution >= 4 is 40.7 Å². The number of aromatic nitrogens is 1. The summed E-state index contributed by atoms with van der Waals surface area (Å²) in [5, 5.41) is 8.07. The smallest absolute Gasteiger partial charge is 0.243 e. The fraction of sp³-hybridized carbons (Fsp3) is 0.421. The van der Waals surface area contributed by atoms with Gasteiger partial charge in [0.05, 0.1) is 11.7 Å². The van der Waals surface area contributed by atoms with Gasteiger partial charge < -0.3 is 16.4 Å². The van der Waals surface area contributed by atoms with E-state index in [-0.39, 0.29) is 24.2 Å². The maximum Gasteiger partial charge on any atom is 0.243 e. The number of rotatable bonds is 9. The van der Waals surface area contributed by atoms with Crippen molar-refractivity contribution in [3.05, 3.63) is 35.2 Å². The Morgan fingerprint density at radius 1 is 1.26 bits per heavy atom. The lowest BCUT2D eigenvalue weighted by molar-refractivity contribution is -0.119. The van der Waals surface area contributed by atoms with E-state index in [0.717, 1.165) is 30.5 Å². The molecule has 1 aromatic heterocycles. The van der Waals surface area contributed by atoms with Gasteiger partial charge in [0.1, 0.15) is 0 Å². The molecule has 6 nitrogen and oxygen atoms in total. The summed E-state index contributed by atoms with van der Waals surface area (Å²) in [5.74, 6) is -0.190. The molecule has 2 amide bonds. The van der Waals surface area contributed by atoms with Crippen molar-refractivity contribution in [2.75, 3.05) is 11.9 Å². The molecule has 1 aromatic carbocycles. The van der Waals surface area contributed by atoms with Gasteiger partial charge in [0.2, 0.25) is 11.8 Å². The van der Waals surface area contributed by atoms with Gasteiger partial charge in [0.25, 0.3) is 0 Å². The van der Waals surface area contributed by atoms with Crippen molar-refractivity contribution in [3.63, 3.8) is 0 Å². The van der Waals surface area contributed by atoms with Crippen LogP contribution < -0.4 is 16.4 Å². The molecule has 27 heavy (non-hydrogen) atoms. The Hall–Kier alpha value is -1.96. The molecule has 0 aliphatic carbocycles. The number of nitrogens with one attached hydrogen (secondary N) is 2. The molecule has 0 fully saturated rings. The Bertz CT molecular complexity index is 734. The van der Waals surface area contributed by atoms with Crippen LogP contribution in [-0.2, 0) is 16.0 Å². The number of halogens is 1. The number of carbonyl (C=O) groups excluding carboxylic acids is 2. The van der Waals surface area contributed by atoms with Crippen LogP contribution in [0.25, 0.3) is 11.3 Å². The van der Waals surface area contributed by atoms with Crippen LogP contribution >= 0.6 is 23.7 Å². The van der Waals surface area contributed by atoms with Crippen molar-refractivity contribution in [2.24, 2.45) is 5.73 Å². The zero-order valence-corrected chi connectivity index (χ0v) is 17.3. The third-order valence-electron chi connectivity index (χ3n) is 3.94. The van der Waals surface area contributed by atoms with E-state index in [2.05, 4.69) is 27.8 Å². The van der Waals surface area contributed by atoms with Crippen LogP contribution in [0.15, 0.2) is 29.6 Å².